The molecule has 0 aliphatic heterocycles. The molecule has 1 saturated carbocycles. The average molecular weight is 374 g/mol. The lowest BCUT2D eigenvalue weighted by Gasteiger charge is -2.41. The maximum Gasteiger partial charge on any atom is 0.214 e. The Morgan fingerprint density at radius 2 is 1.62 bits per heavy atom. The van der Waals surface area contributed by atoms with Crippen molar-refractivity contribution < 1.29 is 13.5 Å². The molecule has 2 atom stereocenters. The van der Waals surface area contributed by atoms with Gasteiger partial charge in [0.15, 0.2) is 0 Å². The van der Waals surface area contributed by atoms with Crippen LogP contribution >= 0.6 is 0 Å². The summed E-state index contributed by atoms with van der Waals surface area (Å²) in [5, 5.41) is 10.9. The van der Waals surface area contributed by atoms with Gasteiger partial charge < -0.3 is 5.11 Å². The molecule has 0 radical (unpaired) electrons. The van der Waals surface area contributed by atoms with Crippen LogP contribution in [0.2, 0.25) is 0 Å². The second-order valence-electron chi connectivity index (χ2n) is 7.38. The minimum atomic E-state index is -3.44. The van der Waals surface area contributed by atoms with Gasteiger partial charge >= 0.3 is 0 Å². The zero-order valence-electron chi connectivity index (χ0n) is 15.4. The first kappa shape index (κ1) is 19.1. The molecule has 4 nitrogen and oxygen atoms in total. The molecule has 0 bridgehead atoms. The van der Waals surface area contributed by atoms with E-state index in [-0.39, 0.29) is 0 Å². The van der Waals surface area contributed by atoms with Crippen LogP contribution in [0.4, 0.5) is 0 Å². The molecule has 0 amide bonds. The fraction of sp³-hybridized carbons (Fsp3) is 0.429. The van der Waals surface area contributed by atoms with Crippen LogP contribution in [0, 0.1) is 0 Å². The van der Waals surface area contributed by atoms with Gasteiger partial charge in [-0.1, -0.05) is 67.4 Å². The van der Waals surface area contributed by atoms with Gasteiger partial charge in [-0.25, -0.2) is 13.1 Å². The van der Waals surface area contributed by atoms with E-state index in [2.05, 4.69) is 4.72 Å². The highest BCUT2D eigenvalue weighted by molar-refractivity contribution is 7.90. The predicted molar refractivity (Wildman–Crippen MR) is 105 cm³/mol. The predicted octanol–water partition coefficient (Wildman–Crippen LogP) is 3.81. The molecule has 1 aliphatic carbocycles. The van der Waals surface area contributed by atoms with Crippen LogP contribution in [0.5, 0.6) is 0 Å². The lowest BCUT2D eigenvalue weighted by molar-refractivity contribution is -0.0249. The van der Waals surface area contributed by atoms with E-state index < -0.39 is 26.9 Å². The van der Waals surface area contributed by atoms with Gasteiger partial charge in [0.05, 0.1) is 11.3 Å². The van der Waals surface area contributed by atoms with Crippen molar-refractivity contribution in [3.05, 3.63) is 60.2 Å². The summed E-state index contributed by atoms with van der Waals surface area (Å²) in [5.41, 5.74) is 1.79. The summed E-state index contributed by atoms with van der Waals surface area (Å²) in [6.07, 6.45) is 3.00. The highest BCUT2D eigenvalue weighted by Gasteiger charge is 2.42. The Hall–Kier alpha value is -1.69. The van der Waals surface area contributed by atoms with E-state index in [4.69, 9.17) is 0 Å². The Kier molecular flexibility index (Phi) is 5.51. The zero-order chi connectivity index (χ0) is 18.8. The molecule has 140 valence electrons. The highest BCUT2D eigenvalue weighted by atomic mass is 32.2. The summed E-state index contributed by atoms with van der Waals surface area (Å²) < 4.78 is 27.4. The highest BCUT2D eigenvalue weighted by Crippen LogP contribution is 2.38. The summed E-state index contributed by atoms with van der Waals surface area (Å²) in [5.74, 6) is 0. The number of nitrogens with one attached hydrogen (secondary N) is 1. The number of sulfonamides is 1. The Morgan fingerprint density at radius 3 is 2.23 bits per heavy atom. The molecule has 0 heterocycles. The van der Waals surface area contributed by atoms with Crippen molar-refractivity contribution in [2.75, 3.05) is 0 Å². The van der Waals surface area contributed by atoms with E-state index in [9.17, 15) is 13.5 Å². The molecular weight excluding hydrogens is 346 g/mol. The lowest BCUT2D eigenvalue weighted by atomic mass is 9.76. The number of hydrogen-bond donors (Lipinski definition) is 2. The van der Waals surface area contributed by atoms with Gasteiger partial charge in [0.1, 0.15) is 5.60 Å². The van der Waals surface area contributed by atoms with Gasteiger partial charge in [0.25, 0.3) is 0 Å². The molecular formula is C21H27NO3S. The van der Waals surface area contributed by atoms with Gasteiger partial charge in [-0.05, 0) is 43.4 Å². The van der Waals surface area contributed by atoms with E-state index in [0.717, 1.165) is 29.5 Å². The van der Waals surface area contributed by atoms with Gasteiger partial charge in [-0.15, -0.1) is 0 Å². The molecule has 26 heavy (non-hydrogen) atoms. The van der Waals surface area contributed by atoms with Crippen LogP contribution in [0.15, 0.2) is 54.6 Å². The fourth-order valence-corrected chi connectivity index (χ4v) is 4.56. The van der Waals surface area contributed by atoms with Gasteiger partial charge in [-0.2, -0.15) is 0 Å². The third-order valence-electron chi connectivity index (χ3n) is 5.30. The normalized spacial score (nSPS) is 23.9. The summed E-state index contributed by atoms with van der Waals surface area (Å²) in [6, 6.07) is 17.4. The number of hydrogen-bond acceptors (Lipinski definition) is 3. The average Bonchev–Trinajstić information content (AvgIpc) is 2.64. The number of aliphatic hydroxyl groups is 1. The van der Waals surface area contributed by atoms with Gasteiger partial charge in [-0.3, -0.25) is 0 Å². The fourth-order valence-electron chi connectivity index (χ4n) is 3.57. The summed E-state index contributed by atoms with van der Waals surface area (Å²) in [6.45, 7) is 3.30. The van der Waals surface area contributed by atoms with Crippen LogP contribution in [0.1, 0.15) is 45.1 Å². The SMILES string of the molecule is CC(C)S(=O)(=O)N[C@H]1CCCC[C@@]1(O)c1ccc(-c2ccccc2)cc1. The van der Waals surface area contributed by atoms with Crippen LogP contribution in [-0.2, 0) is 15.6 Å². The van der Waals surface area contributed by atoms with Crippen molar-refractivity contribution >= 4 is 10.0 Å². The van der Waals surface area contributed by atoms with Crippen LogP contribution < -0.4 is 4.72 Å². The summed E-state index contributed by atoms with van der Waals surface area (Å²) in [7, 11) is -3.44. The maximum atomic E-state index is 12.3. The van der Waals surface area contributed by atoms with E-state index in [0.29, 0.717) is 12.8 Å². The van der Waals surface area contributed by atoms with E-state index in [1.54, 1.807) is 13.8 Å². The van der Waals surface area contributed by atoms with Crippen LogP contribution in [0.25, 0.3) is 11.1 Å². The van der Waals surface area contributed by atoms with Crippen molar-refractivity contribution in [2.24, 2.45) is 0 Å². The van der Waals surface area contributed by atoms with Gasteiger partial charge in [0, 0.05) is 0 Å². The first-order valence-corrected chi connectivity index (χ1v) is 10.8. The number of rotatable bonds is 5. The number of benzene rings is 2. The molecule has 0 spiro atoms. The van der Waals surface area contributed by atoms with E-state index >= 15 is 0 Å². The molecule has 2 aromatic carbocycles. The molecule has 1 aliphatic rings. The monoisotopic (exact) mass is 373 g/mol. The molecule has 0 unspecified atom stereocenters. The second kappa shape index (κ2) is 7.51. The minimum absolute atomic E-state index is 0.494. The summed E-state index contributed by atoms with van der Waals surface area (Å²) in [4.78, 5) is 0. The molecule has 0 saturated heterocycles. The Labute approximate surface area is 156 Å². The molecule has 0 aromatic heterocycles. The lowest BCUT2D eigenvalue weighted by Crippen LogP contribution is -2.53. The molecule has 2 N–H and O–H groups in total. The second-order valence-corrected chi connectivity index (χ2v) is 9.65. The summed E-state index contributed by atoms with van der Waals surface area (Å²) >= 11 is 0. The van der Waals surface area contributed by atoms with Crippen molar-refractivity contribution in [3.8, 4) is 11.1 Å². The third kappa shape index (κ3) is 3.85. The van der Waals surface area contributed by atoms with Crippen LogP contribution in [0.3, 0.4) is 0 Å². The van der Waals surface area contributed by atoms with Crippen molar-refractivity contribution in [1.29, 1.82) is 0 Å². The smallest absolute Gasteiger partial charge is 0.214 e. The quantitative estimate of drug-likeness (QED) is 0.837. The van der Waals surface area contributed by atoms with Crippen molar-refractivity contribution in [1.82, 2.24) is 4.72 Å². The standard InChI is InChI=1S/C21H27NO3S/c1-16(2)26(24,25)22-20-10-6-7-15-21(20,23)19-13-11-18(12-14-19)17-8-4-3-5-9-17/h3-5,8-9,11-14,16,20,22-23H,6-7,10,15H2,1-2H3/t20-,21+/m0/s1. The van der Waals surface area contributed by atoms with Crippen molar-refractivity contribution in [2.45, 2.75) is 56.4 Å². The van der Waals surface area contributed by atoms with Crippen molar-refractivity contribution in [3.63, 3.8) is 0 Å². The topological polar surface area (TPSA) is 66.4 Å². The molecule has 5 heteroatoms. The molecule has 1 fully saturated rings. The Morgan fingerprint density at radius 1 is 1.00 bits per heavy atom. The van der Waals surface area contributed by atoms with Crippen LogP contribution in [-0.4, -0.2) is 24.8 Å². The van der Waals surface area contributed by atoms with Gasteiger partial charge in [0.2, 0.25) is 10.0 Å². The molecule has 2 aromatic rings. The van der Waals surface area contributed by atoms with E-state index in [1.807, 2.05) is 54.6 Å². The third-order valence-corrected chi connectivity index (χ3v) is 7.15. The Bertz CT molecular complexity index is 831. The van der Waals surface area contributed by atoms with E-state index in [1.165, 1.54) is 0 Å². The largest absolute Gasteiger partial charge is 0.383 e. The first-order valence-electron chi connectivity index (χ1n) is 9.22. The maximum absolute atomic E-state index is 12.3. The first-order chi connectivity index (χ1) is 12.3. The zero-order valence-corrected chi connectivity index (χ0v) is 16.2. The molecule has 3 rings (SSSR count). The minimum Gasteiger partial charge on any atom is -0.383 e. The Balaban J connectivity index is 1.89.